The zero-order valence-corrected chi connectivity index (χ0v) is 9.49. The molecule has 0 atom stereocenters. The Hall–Kier alpha value is -1.38. The van der Waals surface area contributed by atoms with Gasteiger partial charge in [0.2, 0.25) is 0 Å². The van der Waals surface area contributed by atoms with Crippen molar-refractivity contribution in [3.05, 3.63) is 24.0 Å². The number of ketones is 1. The molecule has 3 nitrogen and oxygen atoms in total. The Morgan fingerprint density at radius 1 is 1.53 bits per heavy atom. The molecule has 1 heterocycles. The number of hydrogen-bond acceptors (Lipinski definition) is 3. The van der Waals surface area contributed by atoms with Crippen LogP contribution in [0.5, 0.6) is 5.75 Å². The van der Waals surface area contributed by atoms with Crippen LogP contribution in [0.25, 0.3) is 0 Å². The monoisotopic (exact) mass is 207 g/mol. The molecule has 1 aromatic rings. The van der Waals surface area contributed by atoms with E-state index in [1.54, 1.807) is 25.6 Å². The number of carbonyl (C=O) groups excluding carboxylic acids is 1. The van der Waals surface area contributed by atoms with E-state index in [-0.39, 0.29) is 5.78 Å². The van der Waals surface area contributed by atoms with Crippen molar-refractivity contribution in [1.29, 1.82) is 0 Å². The zero-order chi connectivity index (χ0) is 11.3. The molecule has 0 aromatic carbocycles. The third kappa shape index (κ3) is 3.35. The minimum atomic E-state index is 0.128. The van der Waals surface area contributed by atoms with Gasteiger partial charge in [0.05, 0.1) is 18.9 Å². The summed E-state index contributed by atoms with van der Waals surface area (Å²) in [5.74, 6) is 1.23. The van der Waals surface area contributed by atoms with Crippen molar-refractivity contribution in [3.63, 3.8) is 0 Å². The molecule has 82 valence electrons. The summed E-state index contributed by atoms with van der Waals surface area (Å²) in [5.41, 5.74) is 0.633. The summed E-state index contributed by atoms with van der Waals surface area (Å²) >= 11 is 0. The van der Waals surface area contributed by atoms with Gasteiger partial charge in [0.25, 0.3) is 0 Å². The van der Waals surface area contributed by atoms with Crippen LogP contribution in [-0.2, 0) is 0 Å². The van der Waals surface area contributed by atoms with Crippen molar-refractivity contribution in [2.45, 2.75) is 26.7 Å². The van der Waals surface area contributed by atoms with Gasteiger partial charge >= 0.3 is 0 Å². The molecule has 0 spiro atoms. The number of pyridine rings is 1. The Balaban J connectivity index is 2.72. The third-order valence-electron chi connectivity index (χ3n) is 2.25. The highest BCUT2D eigenvalue weighted by Gasteiger charge is 2.11. The quantitative estimate of drug-likeness (QED) is 0.697. The second-order valence-electron chi connectivity index (χ2n) is 3.93. The predicted octanol–water partition coefficient (Wildman–Crippen LogP) is 2.71. The number of carbonyl (C=O) groups is 1. The van der Waals surface area contributed by atoms with Crippen LogP contribution in [0.15, 0.2) is 18.5 Å². The third-order valence-corrected chi connectivity index (χ3v) is 2.25. The molecule has 0 saturated heterocycles. The largest absolute Gasteiger partial charge is 0.494 e. The molecule has 15 heavy (non-hydrogen) atoms. The van der Waals surface area contributed by atoms with Crippen LogP contribution in [-0.4, -0.2) is 17.9 Å². The van der Waals surface area contributed by atoms with E-state index in [9.17, 15) is 4.79 Å². The summed E-state index contributed by atoms with van der Waals surface area (Å²) in [6, 6.07) is 1.71. The maximum Gasteiger partial charge on any atom is 0.166 e. The fraction of sp³-hybridized carbons (Fsp3) is 0.500. The van der Waals surface area contributed by atoms with Gasteiger partial charge in [-0.3, -0.25) is 9.78 Å². The van der Waals surface area contributed by atoms with Crippen molar-refractivity contribution in [2.75, 3.05) is 7.11 Å². The van der Waals surface area contributed by atoms with E-state index in [0.717, 1.165) is 6.42 Å². The Morgan fingerprint density at radius 3 is 2.87 bits per heavy atom. The minimum absolute atomic E-state index is 0.128. The topological polar surface area (TPSA) is 39.2 Å². The second-order valence-corrected chi connectivity index (χ2v) is 3.93. The molecule has 0 unspecified atom stereocenters. The van der Waals surface area contributed by atoms with E-state index >= 15 is 0 Å². The SMILES string of the molecule is COc1cnccc1C(=O)CCC(C)C. The van der Waals surface area contributed by atoms with Crippen molar-refractivity contribution < 1.29 is 9.53 Å². The van der Waals surface area contributed by atoms with Gasteiger partial charge in [0, 0.05) is 12.6 Å². The summed E-state index contributed by atoms with van der Waals surface area (Å²) in [6.07, 6.45) is 4.66. The van der Waals surface area contributed by atoms with Gasteiger partial charge in [-0.2, -0.15) is 0 Å². The summed E-state index contributed by atoms with van der Waals surface area (Å²) < 4.78 is 5.09. The molecule has 0 aliphatic carbocycles. The Kier molecular flexibility index (Phi) is 4.28. The first-order valence-electron chi connectivity index (χ1n) is 5.16. The van der Waals surface area contributed by atoms with Gasteiger partial charge in [-0.25, -0.2) is 0 Å². The molecule has 1 rings (SSSR count). The van der Waals surface area contributed by atoms with E-state index in [1.807, 2.05) is 0 Å². The first-order chi connectivity index (χ1) is 7.15. The van der Waals surface area contributed by atoms with Gasteiger partial charge in [0.15, 0.2) is 5.78 Å². The summed E-state index contributed by atoms with van der Waals surface area (Å²) in [6.45, 7) is 4.22. The van der Waals surface area contributed by atoms with E-state index in [0.29, 0.717) is 23.7 Å². The lowest BCUT2D eigenvalue weighted by molar-refractivity contribution is 0.0972. The molecular weight excluding hydrogens is 190 g/mol. The van der Waals surface area contributed by atoms with Crippen LogP contribution >= 0.6 is 0 Å². The number of Topliss-reactive ketones (excluding diaryl/α,β-unsaturated/α-hetero) is 1. The van der Waals surface area contributed by atoms with Crippen molar-refractivity contribution in [1.82, 2.24) is 4.98 Å². The van der Waals surface area contributed by atoms with Crippen LogP contribution < -0.4 is 4.74 Å². The fourth-order valence-electron chi connectivity index (χ4n) is 1.33. The molecule has 0 radical (unpaired) electrons. The highest BCUT2D eigenvalue weighted by Crippen LogP contribution is 2.19. The highest BCUT2D eigenvalue weighted by atomic mass is 16.5. The van der Waals surface area contributed by atoms with Crippen LogP contribution in [0.3, 0.4) is 0 Å². The van der Waals surface area contributed by atoms with Crippen LogP contribution in [0.1, 0.15) is 37.0 Å². The maximum absolute atomic E-state index is 11.8. The number of rotatable bonds is 5. The lowest BCUT2D eigenvalue weighted by Crippen LogP contribution is -2.04. The summed E-state index contributed by atoms with van der Waals surface area (Å²) in [4.78, 5) is 15.7. The predicted molar refractivity (Wildman–Crippen MR) is 59.2 cm³/mol. The molecule has 0 amide bonds. The normalized spacial score (nSPS) is 10.4. The first-order valence-corrected chi connectivity index (χ1v) is 5.16. The van der Waals surface area contributed by atoms with Gasteiger partial charge in [-0.1, -0.05) is 13.8 Å². The smallest absolute Gasteiger partial charge is 0.166 e. The molecule has 0 saturated carbocycles. The van der Waals surface area contributed by atoms with Gasteiger partial charge in [-0.05, 0) is 18.4 Å². The summed E-state index contributed by atoms with van der Waals surface area (Å²) in [5, 5.41) is 0. The Morgan fingerprint density at radius 2 is 2.27 bits per heavy atom. The fourth-order valence-corrected chi connectivity index (χ4v) is 1.33. The van der Waals surface area contributed by atoms with Crippen molar-refractivity contribution >= 4 is 5.78 Å². The molecule has 0 aliphatic rings. The molecular formula is C12H17NO2. The second kappa shape index (κ2) is 5.49. The molecule has 1 aromatic heterocycles. The molecule has 0 fully saturated rings. The number of methoxy groups -OCH3 is 1. The van der Waals surface area contributed by atoms with Gasteiger partial charge in [0.1, 0.15) is 5.75 Å². The summed E-state index contributed by atoms with van der Waals surface area (Å²) in [7, 11) is 1.55. The van der Waals surface area contributed by atoms with Crippen molar-refractivity contribution in [3.8, 4) is 5.75 Å². The molecule has 0 N–H and O–H groups in total. The standard InChI is InChI=1S/C12H17NO2/c1-9(2)4-5-11(14)10-6-7-13-8-12(10)15-3/h6-9H,4-5H2,1-3H3. The van der Waals surface area contributed by atoms with Crippen LogP contribution in [0.2, 0.25) is 0 Å². The number of nitrogens with zero attached hydrogens (tertiary/aromatic N) is 1. The van der Waals surface area contributed by atoms with E-state index in [2.05, 4.69) is 18.8 Å². The lowest BCUT2D eigenvalue weighted by atomic mass is 10.0. The minimum Gasteiger partial charge on any atom is -0.494 e. The molecule has 0 aliphatic heterocycles. The maximum atomic E-state index is 11.8. The van der Waals surface area contributed by atoms with E-state index in [1.165, 1.54) is 0 Å². The molecule has 3 heteroatoms. The van der Waals surface area contributed by atoms with Crippen LogP contribution in [0, 0.1) is 5.92 Å². The Labute approximate surface area is 90.5 Å². The number of ether oxygens (including phenoxy) is 1. The zero-order valence-electron chi connectivity index (χ0n) is 9.49. The van der Waals surface area contributed by atoms with E-state index in [4.69, 9.17) is 4.74 Å². The van der Waals surface area contributed by atoms with Gasteiger partial charge in [-0.15, -0.1) is 0 Å². The average molecular weight is 207 g/mol. The first kappa shape index (κ1) is 11.7. The van der Waals surface area contributed by atoms with Gasteiger partial charge < -0.3 is 4.74 Å². The van der Waals surface area contributed by atoms with Crippen molar-refractivity contribution in [2.24, 2.45) is 5.92 Å². The number of hydrogen-bond donors (Lipinski definition) is 0. The highest BCUT2D eigenvalue weighted by molar-refractivity contribution is 5.98. The van der Waals surface area contributed by atoms with E-state index < -0.39 is 0 Å². The average Bonchev–Trinajstić information content (AvgIpc) is 2.25. The lowest BCUT2D eigenvalue weighted by Gasteiger charge is -2.07. The molecule has 0 bridgehead atoms. The van der Waals surface area contributed by atoms with Crippen LogP contribution in [0.4, 0.5) is 0 Å². The Bertz CT molecular complexity index is 334. The number of aromatic nitrogens is 1.